The number of likely N-dealkylation sites (N-methyl/N-ethyl adjacent to an activating group) is 1. The van der Waals surface area contributed by atoms with Crippen LogP contribution in [0.3, 0.4) is 0 Å². The van der Waals surface area contributed by atoms with Crippen molar-refractivity contribution in [3.05, 3.63) is 99.5 Å². The van der Waals surface area contributed by atoms with Gasteiger partial charge in [-0.05, 0) is 52.2 Å². The predicted molar refractivity (Wildman–Crippen MR) is 134 cm³/mol. The highest BCUT2D eigenvalue weighted by Crippen LogP contribution is 2.28. The molecule has 0 heterocycles. The molecule has 5 nitrogen and oxygen atoms in total. The average Bonchev–Trinajstić information content (AvgIpc) is 2.82. The molecule has 0 spiro atoms. The largest absolute Gasteiger partial charge is 0.483 e. The Labute approximate surface area is 207 Å². The van der Waals surface area contributed by atoms with E-state index in [1.807, 2.05) is 67.6 Å². The molecule has 0 fully saturated rings. The van der Waals surface area contributed by atoms with Crippen LogP contribution in [0.25, 0.3) is 0 Å². The Morgan fingerprint density at radius 2 is 1.64 bits per heavy atom. The minimum Gasteiger partial charge on any atom is -0.483 e. The first-order valence-corrected chi connectivity index (χ1v) is 11.9. The number of nitrogens with zero attached hydrogens (tertiary/aromatic N) is 1. The second kappa shape index (κ2) is 12.4. The van der Waals surface area contributed by atoms with Crippen LogP contribution in [-0.2, 0) is 22.6 Å². The number of rotatable bonds is 10. The number of amides is 2. The van der Waals surface area contributed by atoms with Gasteiger partial charge in [-0.15, -0.1) is 0 Å². The molecule has 0 saturated heterocycles. The first-order chi connectivity index (χ1) is 16.0. The first kappa shape index (κ1) is 24.8. The van der Waals surface area contributed by atoms with Gasteiger partial charge in [0.1, 0.15) is 11.8 Å². The van der Waals surface area contributed by atoms with Gasteiger partial charge in [-0.2, -0.15) is 0 Å². The van der Waals surface area contributed by atoms with E-state index in [0.29, 0.717) is 34.8 Å². The van der Waals surface area contributed by atoms with Crippen LogP contribution in [0.4, 0.5) is 0 Å². The maximum Gasteiger partial charge on any atom is 0.261 e. The zero-order valence-electron chi connectivity index (χ0n) is 18.3. The van der Waals surface area contributed by atoms with E-state index in [2.05, 4.69) is 21.2 Å². The molecule has 0 unspecified atom stereocenters. The Morgan fingerprint density at radius 1 is 1.00 bits per heavy atom. The molecule has 0 aliphatic heterocycles. The standard InChI is InChI=1S/C26H26BrClN2O3/c1-2-29-26(32)23(15-19-9-5-3-6-10-19)30(17-20-11-7-4-8-12-20)25(31)18-33-24-14-13-21(28)16-22(24)27/h3-14,16,23H,2,15,17-18H2,1H3,(H,29,32)/t23-/m0/s1. The van der Waals surface area contributed by atoms with Crippen LogP contribution in [0.15, 0.2) is 83.3 Å². The number of carbonyl (C=O) groups is 2. The van der Waals surface area contributed by atoms with Gasteiger partial charge in [-0.1, -0.05) is 72.3 Å². The van der Waals surface area contributed by atoms with Crippen molar-refractivity contribution in [2.24, 2.45) is 0 Å². The van der Waals surface area contributed by atoms with Gasteiger partial charge in [-0.3, -0.25) is 9.59 Å². The highest BCUT2D eigenvalue weighted by atomic mass is 79.9. The molecule has 3 rings (SSSR count). The number of benzene rings is 3. The summed E-state index contributed by atoms with van der Waals surface area (Å²) >= 11 is 9.40. The molecule has 1 atom stereocenters. The summed E-state index contributed by atoms with van der Waals surface area (Å²) in [6.07, 6.45) is 0.399. The molecule has 0 bridgehead atoms. The lowest BCUT2D eigenvalue weighted by atomic mass is 10.0. The van der Waals surface area contributed by atoms with Crippen LogP contribution in [0.1, 0.15) is 18.1 Å². The highest BCUT2D eigenvalue weighted by Gasteiger charge is 2.30. The molecule has 0 saturated carbocycles. The first-order valence-electron chi connectivity index (χ1n) is 10.7. The molecular formula is C26H26BrClN2O3. The van der Waals surface area contributed by atoms with Crippen molar-refractivity contribution in [3.8, 4) is 5.75 Å². The van der Waals surface area contributed by atoms with Crippen molar-refractivity contribution in [3.63, 3.8) is 0 Å². The molecule has 3 aromatic carbocycles. The fourth-order valence-corrected chi connectivity index (χ4v) is 4.24. The normalized spacial score (nSPS) is 11.5. The lowest BCUT2D eigenvalue weighted by molar-refractivity contribution is -0.142. The van der Waals surface area contributed by atoms with Crippen molar-refractivity contribution < 1.29 is 14.3 Å². The molecule has 0 aliphatic rings. The minimum absolute atomic E-state index is 0.196. The fraction of sp³-hybridized carbons (Fsp3) is 0.231. The maximum absolute atomic E-state index is 13.4. The van der Waals surface area contributed by atoms with Crippen LogP contribution in [0, 0.1) is 0 Å². The molecule has 1 N–H and O–H groups in total. The van der Waals surface area contributed by atoms with Crippen LogP contribution in [0.5, 0.6) is 5.75 Å². The quantitative estimate of drug-likeness (QED) is 0.390. The van der Waals surface area contributed by atoms with E-state index >= 15 is 0 Å². The monoisotopic (exact) mass is 528 g/mol. The molecule has 2 amide bonds. The van der Waals surface area contributed by atoms with Crippen molar-refractivity contribution in [2.45, 2.75) is 25.9 Å². The fourth-order valence-electron chi connectivity index (χ4n) is 3.44. The van der Waals surface area contributed by atoms with E-state index in [0.717, 1.165) is 11.1 Å². The number of hydrogen-bond acceptors (Lipinski definition) is 3. The summed E-state index contributed by atoms with van der Waals surface area (Å²) in [5.41, 5.74) is 1.90. The number of nitrogens with one attached hydrogen (secondary N) is 1. The van der Waals surface area contributed by atoms with E-state index in [-0.39, 0.29) is 18.4 Å². The van der Waals surface area contributed by atoms with Crippen molar-refractivity contribution >= 4 is 39.3 Å². The third kappa shape index (κ3) is 7.34. The Hall–Kier alpha value is -2.83. The molecule has 0 aliphatic carbocycles. The Kier molecular flexibility index (Phi) is 9.34. The molecule has 172 valence electrons. The van der Waals surface area contributed by atoms with Crippen LogP contribution >= 0.6 is 27.5 Å². The smallest absolute Gasteiger partial charge is 0.261 e. The van der Waals surface area contributed by atoms with Crippen LogP contribution in [-0.4, -0.2) is 35.9 Å². The third-order valence-corrected chi connectivity index (χ3v) is 5.92. The van der Waals surface area contributed by atoms with E-state index in [1.54, 1.807) is 23.1 Å². The van der Waals surface area contributed by atoms with Crippen molar-refractivity contribution in [1.82, 2.24) is 10.2 Å². The molecule has 0 aromatic heterocycles. The van der Waals surface area contributed by atoms with Gasteiger partial charge in [0.15, 0.2) is 6.61 Å². The van der Waals surface area contributed by atoms with Crippen molar-refractivity contribution in [1.29, 1.82) is 0 Å². The van der Waals surface area contributed by atoms with Gasteiger partial charge in [0, 0.05) is 24.5 Å². The lowest BCUT2D eigenvalue weighted by Crippen LogP contribution is -2.51. The van der Waals surface area contributed by atoms with Gasteiger partial charge < -0.3 is 15.0 Å². The maximum atomic E-state index is 13.4. The second-order valence-corrected chi connectivity index (χ2v) is 8.76. The summed E-state index contributed by atoms with van der Waals surface area (Å²) in [5, 5.41) is 3.44. The molecular weight excluding hydrogens is 504 g/mol. The number of halogens is 2. The molecule has 0 radical (unpaired) electrons. The lowest BCUT2D eigenvalue weighted by Gasteiger charge is -2.31. The SMILES string of the molecule is CCNC(=O)[C@H](Cc1ccccc1)N(Cc1ccccc1)C(=O)COc1ccc(Cl)cc1Br. The van der Waals surface area contributed by atoms with Gasteiger partial charge in [-0.25, -0.2) is 0 Å². The zero-order valence-corrected chi connectivity index (χ0v) is 20.7. The summed E-state index contributed by atoms with van der Waals surface area (Å²) < 4.78 is 6.44. The second-order valence-electron chi connectivity index (χ2n) is 7.47. The summed E-state index contributed by atoms with van der Waals surface area (Å²) in [4.78, 5) is 28.1. The van der Waals surface area contributed by atoms with Gasteiger partial charge in [0.25, 0.3) is 5.91 Å². The zero-order chi connectivity index (χ0) is 23.6. The number of carbonyl (C=O) groups excluding carboxylic acids is 2. The van der Waals surface area contributed by atoms with Crippen molar-refractivity contribution in [2.75, 3.05) is 13.2 Å². The Morgan fingerprint density at radius 3 is 2.24 bits per heavy atom. The summed E-state index contributed by atoms with van der Waals surface area (Å²) in [5.74, 6) is 0.0243. The molecule has 7 heteroatoms. The van der Waals surface area contributed by atoms with E-state index in [4.69, 9.17) is 16.3 Å². The van der Waals surface area contributed by atoms with E-state index in [1.165, 1.54) is 0 Å². The number of ether oxygens (including phenoxy) is 1. The van der Waals surface area contributed by atoms with E-state index < -0.39 is 6.04 Å². The minimum atomic E-state index is -0.683. The summed E-state index contributed by atoms with van der Waals surface area (Å²) in [7, 11) is 0. The average molecular weight is 530 g/mol. The Balaban J connectivity index is 1.87. The summed E-state index contributed by atoms with van der Waals surface area (Å²) in [6.45, 7) is 2.42. The molecule has 3 aromatic rings. The van der Waals surface area contributed by atoms with Gasteiger partial charge in [0.05, 0.1) is 4.47 Å². The summed E-state index contributed by atoms with van der Waals surface area (Å²) in [6, 6.07) is 23.7. The predicted octanol–water partition coefficient (Wildman–Crippen LogP) is 5.26. The third-order valence-electron chi connectivity index (χ3n) is 5.06. The van der Waals surface area contributed by atoms with Crippen LogP contribution < -0.4 is 10.1 Å². The highest BCUT2D eigenvalue weighted by molar-refractivity contribution is 9.10. The molecule has 33 heavy (non-hydrogen) atoms. The van der Waals surface area contributed by atoms with Gasteiger partial charge in [0.2, 0.25) is 5.91 Å². The van der Waals surface area contributed by atoms with Gasteiger partial charge >= 0.3 is 0 Å². The topological polar surface area (TPSA) is 58.6 Å². The van der Waals surface area contributed by atoms with Crippen LogP contribution in [0.2, 0.25) is 5.02 Å². The number of hydrogen-bond donors (Lipinski definition) is 1. The Bertz CT molecular complexity index is 1060. The van der Waals surface area contributed by atoms with E-state index in [9.17, 15) is 9.59 Å².